The van der Waals surface area contributed by atoms with Crippen LogP contribution in [-0.4, -0.2) is 47.2 Å². The number of hydrogen-bond acceptors (Lipinski definition) is 6. The summed E-state index contributed by atoms with van der Waals surface area (Å²) in [7, 11) is 0. The minimum absolute atomic E-state index is 0.0415. The molecule has 7 nitrogen and oxygen atoms in total. The molecular weight excluding hydrogens is 433 g/mol. The summed E-state index contributed by atoms with van der Waals surface area (Å²) >= 11 is 5.81. The number of amides is 1. The summed E-state index contributed by atoms with van der Waals surface area (Å²) in [6.07, 6.45) is 3.94. The molecule has 0 bridgehead atoms. The maximum absolute atomic E-state index is 14.0. The summed E-state index contributed by atoms with van der Waals surface area (Å²) in [5.74, 6) is 0.323. The summed E-state index contributed by atoms with van der Waals surface area (Å²) in [6, 6.07) is 4.52. The second-order valence-corrected chi connectivity index (χ2v) is 9.13. The van der Waals surface area contributed by atoms with Crippen molar-refractivity contribution in [3.05, 3.63) is 52.2 Å². The summed E-state index contributed by atoms with van der Waals surface area (Å²) < 4.78 is 14.0. The monoisotopic (exact) mass is 461 g/mol. The first-order valence-electron chi connectivity index (χ1n) is 11.1. The van der Waals surface area contributed by atoms with E-state index < -0.39 is 17.8 Å². The molecule has 0 radical (unpaired) electrons. The molecule has 172 valence electrons. The SMILES string of the molecule is CC1CC(O)c2ncnc(NCCNC(=O)C(CNCC3CC3)c3ccc(Cl)c(F)c3)c21. The molecule has 1 amide bonds. The summed E-state index contributed by atoms with van der Waals surface area (Å²) in [4.78, 5) is 21.4. The van der Waals surface area contributed by atoms with E-state index in [0.29, 0.717) is 49.0 Å². The topological polar surface area (TPSA) is 99.2 Å². The van der Waals surface area contributed by atoms with Gasteiger partial charge in [0.2, 0.25) is 5.91 Å². The Kier molecular flexibility index (Phi) is 7.23. The highest BCUT2D eigenvalue weighted by Gasteiger charge is 2.31. The van der Waals surface area contributed by atoms with Crippen LogP contribution in [0.2, 0.25) is 5.02 Å². The maximum Gasteiger partial charge on any atom is 0.228 e. The second kappa shape index (κ2) is 10.1. The standard InChI is InChI=1S/C23H29ClFN5O2/c1-13-8-19(31)21-20(13)22(30-12-29-21)27-6-7-28-23(32)16(11-26-10-14-2-3-14)15-4-5-17(24)18(25)9-15/h4-5,9,12-14,16,19,26,31H,2-3,6-8,10-11H2,1H3,(H,28,32)(H,27,29,30). The predicted molar refractivity (Wildman–Crippen MR) is 121 cm³/mol. The molecule has 2 aliphatic carbocycles. The molecule has 0 spiro atoms. The lowest BCUT2D eigenvalue weighted by molar-refractivity contribution is -0.122. The van der Waals surface area contributed by atoms with Crippen molar-refractivity contribution in [3.8, 4) is 0 Å². The molecule has 4 rings (SSSR count). The number of benzene rings is 1. The first-order chi connectivity index (χ1) is 15.4. The zero-order valence-electron chi connectivity index (χ0n) is 18.1. The molecule has 2 aliphatic rings. The number of fused-ring (bicyclic) bond motifs is 1. The summed E-state index contributed by atoms with van der Waals surface area (Å²) in [6.45, 7) is 4.19. The average Bonchev–Trinajstić information content (AvgIpc) is 3.55. The fraction of sp³-hybridized carbons (Fsp3) is 0.522. The normalized spacial score (nSPS) is 20.6. The number of aliphatic hydroxyl groups is 1. The molecule has 2 aromatic rings. The second-order valence-electron chi connectivity index (χ2n) is 8.72. The van der Waals surface area contributed by atoms with Crippen molar-refractivity contribution in [2.75, 3.05) is 31.5 Å². The molecule has 1 fully saturated rings. The number of rotatable bonds is 10. The van der Waals surface area contributed by atoms with E-state index in [4.69, 9.17) is 11.6 Å². The van der Waals surface area contributed by atoms with E-state index in [0.717, 1.165) is 12.1 Å². The van der Waals surface area contributed by atoms with Gasteiger partial charge in [-0.25, -0.2) is 14.4 Å². The molecule has 32 heavy (non-hydrogen) atoms. The first kappa shape index (κ1) is 22.9. The quantitative estimate of drug-likeness (QED) is 0.406. The van der Waals surface area contributed by atoms with Gasteiger partial charge < -0.3 is 21.1 Å². The third kappa shape index (κ3) is 5.36. The van der Waals surface area contributed by atoms with Gasteiger partial charge in [-0.05, 0) is 55.3 Å². The van der Waals surface area contributed by atoms with Crippen molar-refractivity contribution < 1.29 is 14.3 Å². The molecule has 1 aromatic carbocycles. The number of aliphatic hydroxyl groups excluding tert-OH is 1. The van der Waals surface area contributed by atoms with Crippen LogP contribution < -0.4 is 16.0 Å². The highest BCUT2D eigenvalue weighted by molar-refractivity contribution is 6.30. The van der Waals surface area contributed by atoms with E-state index in [9.17, 15) is 14.3 Å². The first-order valence-corrected chi connectivity index (χ1v) is 11.5. The maximum atomic E-state index is 14.0. The van der Waals surface area contributed by atoms with Gasteiger partial charge in [-0.1, -0.05) is 24.6 Å². The molecule has 1 saturated carbocycles. The number of nitrogens with zero attached hydrogens (tertiary/aromatic N) is 2. The van der Waals surface area contributed by atoms with Crippen LogP contribution in [0, 0.1) is 11.7 Å². The zero-order valence-corrected chi connectivity index (χ0v) is 18.8. The van der Waals surface area contributed by atoms with Crippen molar-refractivity contribution in [2.45, 2.75) is 44.1 Å². The van der Waals surface area contributed by atoms with Crippen LogP contribution in [0.3, 0.4) is 0 Å². The lowest BCUT2D eigenvalue weighted by atomic mass is 9.97. The lowest BCUT2D eigenvalue weighted by Crippen LogP contribution is -2.38. The van der Waals surface area contributed by atoms with Crippen molar-refractivity contribution >= 4 is 23.3 Å². The molecule has 1 heterocycles. The van der Waals surface area contributed by atoms with Crippen molar-refractivity contribution in [1.82, 2.24) is 20.6 Å². The Labute approximate surface area is 192 Å². The molecule has 3 unspecified atom stereocenters. The van der Waals surface area contributed by atoms with Gasteiger partial charge in [0.1, 0.15) is 18.0 Å². The zero-order chi connectivity index (χ0) is 22.7. The minimum Gasteiger partial charge on any atom is -0.387 e. The predicted octanol–water partition coefficient (Wildman–Crippen LogP) is 3.12. The van der Waals surface area contributed by atoms with Gasteiger partial charge in [0.25, 0.3) is 0 Å². The summed E-state index contributed by atoms with van der Waals surface area (Å²) in [5, 5.41) is 19.7. The highest BCUT2D eigenvalue weighted by Crippen LogP contribution is 2.41. The van der Waals surface area contributed by atoms with E-state index in [1.165, 1.54) is 31.3 Å². The number of nitrogens with one attached hydrogen (secondary N) is 3. The molecule has 0 aliphatic heterocycles. The van der Waals surface area contributed by atoms with Gasteiger partial charge in [0, 0.05) is 25.2 Å². The third-order valence-electron chi connectivity index (χ3n) is 6.16. The molecule has 1 aromatic heterocycles. The van der Waals surface area contributed by atoms with Crippen LogP contribution in [0.25, 0.3) is 0 Å². The van der Waals surface area contributed by atoms with Crippen LogP contribution >= 0.6 is 11.6 Å². The van der Waals surface area contributed by atoms with Crippen LogP contribution in [-0.2, 0) is 4.79 Å². The van der Waals surface area contributed by atoms with Gasteiger partial charge in [-0.2, -0.15) is 0 Å². The number of carbonyl (C=O) groups excluding carboxylic acids is 1. The van der Waals surface area contributed by atoms with Crippen molar-refractivity contribution in [1.29, 1.82) is 0 Å². The van der Waals surface area contributed by atoms with E-state index in [-0.39, 0.29) is 16.8 Å². The molecule has 0 saturated heterocycles. The van der Waals surface area contributed by atoms with Gasteiger partial charge in [-0.15, -0.1) is 0 Å². The molecular formula is C23H29ClFN5O2. The Hall–Kier alpha value is -2.29. The van der Waals surface area contributed by atoms with E-state index in [1.807, 2.05) is 6.92 Å². The van der Waals surface area contributed by atoms with Crippen LogP contribution in [0.1, 0.15) is 60.9 Å². The Balaban J connectivity index is 1.34. The van der Waals surface area contributed by atoms with Crippen LogP contribution in [0.5, 0.6) is 0 Å². The van der Waals surface area contributed by atoms with Crippen molar-refractivity contribution in [3.63, 3.8) is 0 Å². The Morgan fingerprint density at radius 3 is 2.88 bits per heavy atom. The van der Waals surface area contributed by atoms with Gasteiger partial charge in [0.15, 0.2) is 0 Å². The third-order valence-corrected chi connectivity index (χ3v) is 6.46. The fourth-order valence-corrected chi connectivity index (χ4v) is 4.32. The number of aromatic nitrogens is 2. The Morgan fingerprint density at radius 2 is 2.12 bits per heavy atom. The number of carbonyl (C=O) groups is 1. The van der Waals surface area contributed by atoms with Crippen LogP contribution in [0.15, 0.2) is 24.5 Å². The van der Waals surface area contributed by atoms with Gasteiger partial charge in [0.05, 0.1) is 22.7 Å². The van der Waals surface area contributed by atoms with Gasteiger partial charge >= 0.3 is 0 Å². The summed E-state index contributed by atoms with van der Waals surface area (Å²) in [5.41, 5.74) is 2.20. The largest absolute Gasteiger partial charge is 0.387 e. The molecule has 9 heteroatoms. The van der Waals surface area contributed by atoms with Crippen LogP contribution in [0.4, 0.5) is 10.2 Å². The lowest BCUT2D eigenvalue weighted by Gasteiger charge is -2.19. The highest BCUT2D eigenvalue weighted by atomic mass is 35.5. The number of halogens is 2. The van der Waals surface area contributed by atoms with E-state index in [2.05, 4.69) is 25.9 Å². The fourth-order valence-electron chi connectivity index (χ4n) is 4.20. The van der Waals surface area contributed by atoms with Crippen molar-refractivity contribution in [2.24, 2.45) is 5.92 Å². The number of anilines is 1. The molecule has 4 N–H and O–H groups in total. The smallest absolute Gasteiger partial charge is 0.228 e. The minimum atomic E-state index is -0.563. The van der Waals surface area contributed by atoms with E-state index >= 15 is 0 Å². The van der Waals surface area contributed by atoms with E-state index in [1.54, 1.807) is 6.07 Å². The molecule has 3 atom stereocenters. The average molecular weight is 462 g/mol. The Bertz CT molecular complexity index is 971. The number of hydrogen-bond donors (Lipinski definition) is 4. The van der Waals surface area contributed by atoms with Gasteiger partial charge in [-0.3, -0.25) is 4.79 Å². The Morgan fingerprint density at radius 1 is 1.31 bits per heavy atom.